The van der Waals surface area contributed by atoms with Crippen LogP contribution in [0.1, 0.15) is 5.56 Å². The minimum absolute atomic E-state index is 0.142. The number of thioether (sulfide) groups is 1. The molecule has 1 amide bonds. The highest BCUT2D eigenvalue weighted by Crippen LogP contribution is 2.19. The molecule has 0 saturated heterocycles. The summed E-state index contributed by atoms with van der Waals surface area (Å²) in [5, 5.41) is 2.25. The highest BCUT2D eigenvalue weighted by atomic mass is 32.2. The van der Waals surface area contributed by atoms with Crippen LogP contribution in [0.2, 0.25) is 0 Å². The van der Waals surface area contributed by atoms with E-state index in [9.17, 15) is 13.6 Å². The number of amides is 1. The monoisotopic (exact) mass is 293 g/mol. The molecule has 0 radical (unpaired) electrons. The molecule has 0 aliphatic carbocycles. The van der Waals surface area contributed by atoms with Gasteiger partial charge in [0.1, 0.15) is 17.3 Å². The molecule has 0 aliphatic rings. The van der Waals surface area contributed by atoms with Crippen LogP contribution in [-0.2, 0) is 10.5 Å². The lowest BCUT2D eigenvalue weighted by atomic mass is 10.2. The second-order valence-corrected chi connectivity index (χ2v) is 5.11. The van der Waals surface area contributed by atoms with E-state index in [2.05, 4.69) is 5.32 Å². The van der Waals surface area contributed by atoms with Crippen LogP contribution < -0.4 is 5.32 Å². The van der Waals surface area contributed by atoms with Gasteiger partial charge < -0.3 is 5.32 Å². The smallest absolute Gasteiger partial charge is 0.234 e. The number of carbonyl (C=O) groups is 1. The predicted molar refractivity (Wildman–Crippen MR) is 77.6 cm³/mol. The third kappa shape index (κ3) is 4.06. The highest BCUT2D eigenvalue weighted by Gasteiger charge is 2.11. The van der Waals surface area contributed by atoms with Gasteiger partial charge in [-0.25, -0.2) is 8.78 Å². The van der Waals surface area contributed by atoms with Crippen molar-refractivity contribution in [2.24, 2.45) is 0 Å². The number of para-hydroxylation sites is 1. The molecule has 2 aromatic rings. The third-order valence-corrected chi connectivity index (χ3v) is 3.58. The standard InChI is InChI=1S/C15H13F2NOS/c16-12-7-4-8-13(17)15(12)18-14(19)10-20-9-11-5-2-1-3-6-11/h1-8H,9-10H2,(H,18,19). The SMILES string of the molecule is O=C(CSCc1ccccc1)Nc1c(F)cccc1F. The average Bonchev–Trinajstić information content (AvgIpc) is 2.44. The fraction of sp³-hybridized carbons (Fsp3) is 0.133. The Morgan fingerprint density at radius 2 is 1.65 bits per heavy atom. The molecule has 0 heterocycles. The Bertz CT molecular complexity index is 569. The van der Waals surface area contributed by atoms with E-state index in [-0.39, 0.29) is 5.75 Å². The van der Waals surface area contributed by atoms with E-state index in [1.165, 1.54) is 17.8 Å². The fourth-order valence-corrected chi connectivity index (χ4v) is 2.42. The van der Waals surface area contributed by atoms with Gasteiger partial charge in [-0.2, -0.15) is 0 Å². The normalized spacial score (nSPS) is 10.3. The molecule has 20 heavy (non-hydrogen) atoms. The van der Waals surface area contributed by atoms with Crippen LogP contribution in [0.25, 0.3) is 0 Å². The molecule has 0 atom stereocenters. The molecule has 2 rings (SSSR count). The summed E-state index contributed by atoms with van der Waals surface area (Å²) in [7, 11) is 0. The van der Waals surface area contributed by atoms with E-state index in [0.29, 0.717) is 5.75 Å². The fourth-order valence-electron chi connectivity index (χ4n) is 1.63. The van der Waals surface area contributed by atoms with Gasteiger partial charge in [-0.05, 0) is 17.7 Å². The summed E-state index contributed by atoms with van der Waals surface area (Å²) in [5.41, 5.74) is 0.709. The molecule has 0 fully saturated rings. The van der Waals surface area contributed by atoms with E-state index >= 15 is 0 Å². The molecule has 0 bridgehead atoms. The van der Waals surface area contributed by atoms with E-state index in [4.69, 9.17) is 0 Å². The summed E-state index contributed by atoms with van der Waals surface area (Å²) in [4.78, 5) is 11.6. The van der Waals surface area contributed by atoms with Crippen molar-refractivity contribution in [1.29, 1.82) is 0 Å². The Morgan fingerprint density at radius 3 is 2.30 bits per heavy atom. The molecule has 0 aliphatic heterocycles. The van der Waals surface area contributed by atoms with Crippen molar-refractivity contribution in [1.82, 2.24) is 0 Å². The molecular weight excluding hydrogens is 280 g/mol. The van der Waals surface area contributed by atoms with Gasteiger partial charge in [0.15, 0.2) is 0 Å². The topological polar surface area (TPSA) is 29.1 Å². The van der Waals surface area contributed by atoms with Crippen molar-refractivity contribution in [2.45, 2.75) is 5.75 Å². The van der Waals surface area contributed by atoms with Crippen molar-refractivity contribution in [3.63, 3.8) is 0 Å². The Labute approximate surface area is 120 Å². The first-order chi connectivity index (χ1) is 9.66. The number of rotatable bonds is 5. The molecule has 2 nitrogen and oxygen atoms in total. The van der Waals surface area contributed by atoms with Gasteiger partial charge in [-0.15, -0.1) is 11.8 Å². The summed E-state index contributed by atoms with van der Waals surface area (Å²) in [6, 6.07) is 13.1. The van der Waals surface area contributed by atoms with Gasteiger partial charge in [-0.3, -0.25) is 4.79 Å². The summed E-state index contributed by atoms with van der Waals surface area (Å²) in [6.45, 7) is 0. The van der Waals surface area contributed by atoms with Gasteiger partial charge in [0.2, 0.25) is 5.91 Å². The molecule has 104 valence electrons. The number of hydrogen-bond donors (Lipinski definition) is 1. The van der Waals surface area contributed by atoms with Crippen LogP contribution >= 0.6 is 11.8 Å². The van der Waals surface area contributed by atoms with Crippen molar-refractivity contribution < 1.29 is 13.6 Å². The summed E-state index contributed by atoms with van der Waals surface area (Å²) < 4.78 is 26.7. The van der Waals surface area contributed by atoms with Gasteiger partial charge in [0, 0.05) is 5.75 Å². The number of nitrogens with one attached hydrogen (secondary N) is 1. The first kappa shape index (κ1) is 14.5. The number of carbonyl (C=O) groups excluding carboxylic acids is 1. The third-order valence-electron chi connectivity index (χ3n) is 2.57. The molecule has 0 spiro atoms. The van der Waals surface area contributed by atoms with Crippen LogP contribution in [0.4, 0.5) is 14.5 Å². The largest absolute Gasteiger partial charge is 0.320 e. The van der Waals surface area contributed by atoms with E-state index in [0.717, 1.165) is 17.7 Å². The number of benzene rings is 2. The number of hydrogen-bond acceptors (Lipinski definition) is 2. The zero-order valence-electron chi connectivity index (χ0n) is 10.6. The van der Waals surface area contributed by atoms with Crippen molar-refractivity contribution in [3.8, 4) is 0 Å². The Balaban J connectivity index is 1.84. The zero-order chi connectivity index (χ0) is 14.4. The van der Waals surface area contributed by atoms with Gasteiger partial charge >= 0.3 is 0 Å². The van der Waals surface area contributed by atoms with Crippen molar-refractivity contribution >= 4 is 23.4 Å². The maximum absolute atomic E-state index is 13.3. The summed E-state index contributed by atoms with van der Waals surface area (Å²) in [6.07, 6.45) is 0. The van der Waals surface area contributed by atoms with Gasteiger partial charge in [-0.1, -0.05) is 36.4 Å². The molecule has 0 aromatic heterocycles. The van der Waals surface area contributed by atoms with Crippen LogP contribution in [-0.4, -0.2) is 11.7 Å². The van der Waals surface area contributed by atoms with Crippen LogP contribution in [0.5, 0.6) is 0 Å². The maximum atomic E-state index is 13.3. The van der Waals surface area contributed by atoms with E-state index in [1.54, 1.807) is 0 Å². The lowest BCUT2D eigenvalue weighted by molar-refractivity contribution is -0.113. The molecule has 0 saturated carbocycles. The van der Waals surface area contributed by atoms with E-state index < -0.39 is 23.2 Å². The van der Waals surface area contributed by atoms with Crippen molar-refractivity contribution in [3.05, 3.63) is 65.7 Å². The van der Waals surface area contributed by atoms with Gasteiger partial charge in [0.05, 0.1) is 5.75 Å². The molecule has 5 heteroatoms. The molecule has 0 unspecified atom stereocenters. The Kier molecular flexibility index (Phi) is 5.12. The quantitative estimate of drug-likeness (QED) is 0.907. The van der Waals surface area contributed by atoms with Crippen molar-refractivity contribution in [2.75, 3.05) is 11.1 Å². The molecule has 1 N–H and O–H groups in total. The number of halogens is 2. The van der Waals surface area contributed by atoms with Crippen LogP contribution in [0.3, 0.4) is 0 Å². The second-order valence-electron chi connectivity index (χ2n) is 4.12. The second kappa shape index (κ2) is 7.05. The first-order valence-electron chi connectivity index (χ1n) is 6.02. The predicted octanol–water partition coefficient (Wildman–Crippen LogP) is 3.84. The Hall–Kier alpha value is -1.88. The summed E-state index contributed by atoms with van der Waals surface area (Å²) in [5.74, 6) is -1.15. The highest BCUT2D eigenvalue weighted by molar-refractivity contribution is 7.99. The minimum atomic E-state index is -0.772. The average molecular weight is 293 g/mol. The number of anilines is 1. The zero-order valence-corrected chi connectivity index (χ0v) is 11.4. The lowest BCUT2D eigenvalue weighted by Crippen LogP contribution is -2.16. The molecule has 2 aromatic carbocycles. The maximum Gasteiger partial charge on any atom is 0.234 e. The first-order valence-corrected chi connectivity index (χ1v) is 7.18. The van der Waals surface area contributed by atoms with Gasteiger partial charge in [0.25, 0.3) is 0 Å². The Morgan fingerprint density at radius 1 is 1.00 bits per heavy atom. The summed E-state index contributed by atoms with van der Waals surface area (Å²) >= 11 is 1.39. The lowest BCUT2D eigenvalue weighted by Gasteiger charge is -2.07. The molecular formula is C15H13F2NOS. The van der Waals surface area contributed by atoms with E-state index in [1.807, 2.05) is 30.3 Å². The minimum Gasteiger partial charge on any atom is -0.320 e. The van der Waals surface area contributed by atoms with Crippen LogP contribution in [0, 0.1) is 11.6 Å². The van der Waals surface area contributed by atoms with Crippen LogP contribution in [0.15, 0.2) is 48.5 Å².